The van der Waals surface area contributed by atoms with E-state index in [0.717, 1.165) is 0 Å². The number of ether oxygens (including phenoxy) is 2. The summed E-state index contributed by atoms with van der Waals surface area (Å²) < 4.78 is 10.8. The van der Waals surface area contributed by atoms with Crippen molar-refractivity contribution in [3.8, 4) is 5.75 Å². The summed E-state index contributed by atoms with van der Waals surface area (Å²) in [4.78, 5) is 38.7. The normalized spacial score (nSPS) is 18.0. The lowest BCUT2D eigenvalue weighted by atomic mass is 10.1. The number of nitrogens with zero attached hydrogens (tertiary/aromatic N) is 1. The molecule has 2 amide bonds. The second-order valence-corrected chi connectivity index (χ2v) is 6.91. The van der Waals surface area contributed by atoms with Crippen molar-refractivity contribution in [3.63, 3.8) is 0 Å². The number of nitrogens with one attached hydrogen (secondary N) is 1. The first-order valence-electron chi connectivity index (χ1n) is 9.36. The minimum Gasteiger partial charge on any atom is -0.491 e. The highest BCUT2D eigenvalue weighted by atomic mass is 16.5. The van der Waals surface area contributed by atoms with Crippen molar-refractivity contribution in [2.24, 2.45) is 0 Å². The molecule has 1 N–H and O–H groups in total. The minimum absolute atomic E-state index is 0.0400. The molecule has 1 fully saturated rings. The molecule has 7 heteroatoms. The molecule has 2 rings (SSSR count). The molecule has 0 radical (unpaired) electrons. The molecule has 0 bridgehead atoms. The van der Waals surface area contributed by atoms with E-state index < -0.39 is 12.0 Å². The van der Waals surface area contributed by atoms with Gasteiger partial charge < -0.3 is 19.7 Å². The number of hydrogen-bond acceptors (Lipinski definition) is 5. The Morgan fingerprint density at radius 1 is 1.22 bits per heavy atom. The molecule has 1 aromatic rings. The second kappa shape index (κ2) is 9.39. The number of benzene rings is 1. The summed E-state index contributed by atoms with van der Waals surface area (Å²) in [5.41, 5.74) is 0.445. The molecule has 2 atom stereocenters. The van der Waals surface area contributed by atoms with Crippen LogP contribution in [0, 0.1) is 0 Å². The molecule has 0 spiro atoms. The molecule has 1 aromatic carbocycles. The predicted molar refractivity (Wildman–Crippen MR) is 101 cm³/mol. The minimum atomic E-state index is -0.866. The quantitative estimate of drug-likeness (QED) is 0.737. The van der Waals surface area contributed by atoms with Gasteiger partial charge in [-0.1, -0.05) is 6.92 Å². The third kappa shape index (κ3) is 5.70. The number of rotatable bonds is 7. The van der Waals surface area contributed by atoms with Crippen molar-refractivity contribution in [3.05, 3.63) is 29.8 Å². The first-order chi connectivity index (χ1) is 12.8. The van der Waals surface area contributed by atoms with Gasteiger partial charge in [0.2, 0.25) is 5.91 Å². The number of amides is 2. The Kier molecular flexibility index (Phi) is 7.21. The van der Waals surface area contributed by atoms with Gasteiger partial charge in [-0.05, 0) is 51.5 Å². The Balaban J connectivity index is 2.11. The third-order valence-corrected chi connectivity index (χ3v) is 4.33. The highest BCUT2D eigenvalue weighted by molar-refractivity contribution is 5.99. The van der Waals surface area contributed by atoms with E-state index in [1.165, 1.54) is 4.90 Å². The van der Waals surface area contributed by atoms with Crippen LogP contribution in [0.1, 0.15) is 50.9 Å². The predicted octanol–water partition coefficient (Wildman–Crippen LogP) is 2.15. The van der Waals surface area contributed by atoms with E-state index in [4.69, 9.17) is 9.47 Å². The Hall–Kier alpha value is -2.57. The number of hydrogen-bond donors (Lipinski definition) is 1. The van der Waals surface area contributed by atoms with E-state index in [9.17, 15) is 14.4 Å². The average molecular weight is 376 g/mol. The van der Waals surface area contributed by atoms with Gasteiger partial charge in [0, 0.05) is 18.7 Å². The topological polar surface area (TPSA) is 84.9 Å². The first-order valence-corrected chi connectivity index (χ1v) is 9.36. The van der Waals surface area contributed by atoms with Gasteiger partial charge in [0.15, 0.2) is 0 Å². The van der Waals surface area contributed by atoms with Crippen LogP contribution in [0.15, 0.2) is 24.3 Å². The molecule has 2 unspecified atom stereocenters. The van der Waals surface area contributed by atoms with Gasteiger partial charge >= 0.3 is 5.97 Å². The Morgan fingerprint density at radius 3 is 2.48 bits per heavy atom. The smallest absolute Gasteiger partial charge is 0.308 e. The monoisotopic (exact) mass is 376 g/mol. The van der Waals surface area contributed by atoms with Crippen LogP contribution in [0.5, 0.6) is 5.75 Å². The van der Waals surface area contributed by atoms with Gasteiger partial charge in [0.25, 0.3) is 5.91 Å². The van der Waals surface area contributed by atoms with Crippen molar-refractivity contribution in [1.29, 1.82) is 0 Å². The number of esters is 1. The maximum absolute atomic E-state index is 12.9. The highest BCUT2D eigenvalue weighted by Crippen LogP contribution is 2.18. The van der Waals surface area contributed by atoms with Crippen LogP contribution in [0.25, 0.3) is 0 Å². The molecule has 27 heavy (non-hydrogen) atoms. The van der Waals surface area contributed by atoms with Gasteiger partial charge in [-0.15, -0.1) is 0 Å². The molecule has 1 aliphatic heterocycles. The molecule has 1 aliphatic rings. The molecule has 0 aromatic heterocycles. The van der Waals surface area contributed by atoms with E-state index in [1.54, 1.807) is 31.2 Å². The van der Waals surface area contributed by atoms with E-state index in [0.29, 0.717) is 30.8 Å². The van der Waals surface area contributed by atoms with Crippen molar-refractivity contribution in [2.45, 2.75) is 58.8 Å². The molecule has 7 nitrogen and oxygen atoms in total. The van der Waals surface area contributed by atoms with E-state index in [2.05, 4.69) is 5.32 Å². The Bertz CT molecular complexity index is 671. The van der Waals surface area contributed by atoms with E-state index >= 15 is 0 Å². The molecule has 0 aliphatic carbocycles. The van der Waals surface area contributed by atoms with Crippen LogP contribution in [0.4, 0.5) is 0 Å². The summed E-state index contributed by atoms with van der Waals surface area (Å²) in [6.07, 6.45) is 0.354. The SMILES string of the molecule is CCC(C)OC(=O)CC1C(=O)NCCN1C(=O)c1ccc(OC(C)C)cc1. The van der Waals surface area contributed by atoms with Crippen molar-refractivity contribution >= 4 is 17.8 Å². The Labute approximate surface area is 160 Å². The molecule has 148 valence electrons. The molecular weight excluding hydrogens is 348 g/mol. The van der Waals surface area contributed by atoms with Crippen molar-refractivity contribution in [2.75, 3.05) is 13.1 Å². The lowest BCUT2D eigenvalue weighted by molar-refractivity contribution is -0.151. The van der Waals surface area contributed by atoms with Crippen LogP contribution in [-0.4, -0.2) is 54.0 Å². The van der Waals surface area contributed by atoms with Gasteiger partial charge in [-0.2, -0.15) is 0 Å². The van der Waals surface area contributed by atoms with Gasteiger partial charge in [0.1, 0.15) is 11.8 Å². The molecule has 1 saturated heterocycles. The van der Waals surface area contributed by atoms with Crippen molar-refractivity contribution < 1.29 is 23.9 Å². The maximum atomic E-state index is 12.9. The van der Waals surface area contributed by atoms with Gasteiger partial charge in [-0.3, -0.25) is 14.4 Å². The zero-order valence-electron chi connectivity index (χ0n) is 16.4. The fourth-order valence-electron chi connectivity index (χ4n) is 2.79. The summed E-state index contributed by atoms with van der Waals surface area (Å²) in [7, 11) is 0. The van der Waals surface area contributed by atoms with E-state index in [1.807, 2.05) is 20.8 Å². The van der Waals surface area contributed by atoms with Gasteiger partial charge in [0.05, 0.1) is 18.6 Å². The number of piperazine rings is 1. The van der Waals surface area contributed by atoms with Crippen LogP contribution < -0.4 is 10.1 Å². The number of carbonyl (C=O) groups is 3. The zero-order valence-corrected chi connectivity index (χ0v) is 16.4. The summed E-state index contributed by atoms with van der Waals surface area (Å²) in [5.74, 6) is -0.436. The average Bonchev–Trinajstić information content (AvgIpc) is 2.62. The van der Waals surface area contributed by atoms with Crippen LogP contribution in [0.2, 0.25) is 0 Å². The summed E-state index contributed by atoms with van der Waals surface area (Å²) in [5, 5.41) is 2.71. The first kappa shape index (κ1) is 20.7. The van der Waals surface area contributed by atoms with Crippen molar-refractivity contribution in [1.82, 2.24) is 10.2 Å². The lowest BCUT2D eigenvalue weighted by Gasteiger charge is -2.34. The van der Waals surface area contributed by atoms with Crippen LogP contribution in [-0.2, 0) is 14.3 Å². The summed E-state index contributed by atoms with van der Waals surface area (Å²) in [6, 6.07) is 5.92. The molecular formula is C20H28N2O5. The van der Waals surface area contributed by atoms with E-state index in [-0.39, 0.29) is 30.4 Å². The highest BCUT2D eigenvalue weighted by Gasteiger charge is 2.35. The summed E-state index contributed by atoms with van der Waals surface area (Å²) in [6.45, 7) is 8.26. The summed E-state index contributed by atoms with van der Waals surface area (Å²) >= 11 is 0. The largest absolute Gasteiger partial charge is 0.491 e. The van der Waals surface area contributed by atoms with Crippen LogP contribution >= 0.6 is 0 Å². The fraction of sp³-hybridized carbons (Fsp3) is 0.550. The second-order valence-electron chi connectivity index (χ2n) is 6.91. The standard InChI is InChI=1S/C20H28N2O5/c1-5-14(4)27-18(23)12-17-19(24)21-10-11-22(17)20(25)15-6-8-16(9-7-15)26-13(2)3/h6-9,13-14,17H,5,10-12H2,1-4H3,(H,21,24). The molecule has 0 saturated carbocycles. The molecule has 1 heterocycles. The lowest BCUT2D eigenvalue weighted by Crippen LogP contribution is -2.57. The fourth-order valence-corrected chi connectivity index (χ4v) is 2.79. The zero-order chi connectivity index (χ0) is 20.0. The Morgan fingerprint density at radius 2 is 1.89 bits per heavy atom. The third-order valence-electron chi connectivity index (χ3n) is 4.33. The number of carbonyl (C=O) groups excluding carboxylic acids is 3. The van der Waals surface area contributed by atoms with Crippen LogP contribution in [0.3, 0.4) is 0 Å². The maximum Gasteiger partial charge on any atom is 0.308 e. The van der Waals surface area contributed by atoms with Gasteiger partial charge in [-0.25, -0.2) is 0 Å².